The van der Waals surface area contributed by atoms with Gasteiger partial charge in [-0.3, -0.25) is 4.98 Å². The zero-order valence-electron chi connectivity index (χ0n) is 10.9. The van der Waals surface area contributed by atoms with Gasteiger partial charge in [0.2, 0.25) is 0 Å². The topological polar surface area (TPSA) is 47.3 Å². The molecule has 0 radical (unpaired) electrons. The molecule has 5 heteroatoms. The summed E-state index contributed by atoms with van der Waals surface area (Å²) in [5.74, 6) is 1.54. The van der Waals surface area contributed by atoms with E-state index in [2.05, 4.69) is 10.3 Å². The fourth-order valence-corrected chi connectivity index (χ4v) is 2.20. The number of rotatable bonds is 4. The lowest BCUT2D eigenvalue weighted by molar-refractivity contribution is 0.408. The molecule has 0 spiro atoms. The Balaban J connectivity index is 1.83. The van der Waals surface area contributed by atoms with Crippen molar-refractivity contribution in [2.24, 2.45) is 0 Å². The van der Waals surface area contributed by atoms with E-state index < -0.39 is 0 Å². The SMILES string of the molecule is COc1cccc2cc(CNc3cnccc3Cl)oc12. The van der Waals surface area contributed by atoms with Gasteiger partial charge in [-0.1, -0.05) is 23.7 Å². The van der Waals surface area contributed by atoms with Gasteiger partial charge in [0.1, 0.15) is 5.76 Å². The van der Waals surface area contributed by atoms with Crippen LogP contribution in [0.2, 0.25) is 5.02 Å². The molecule has 0 atom stereocenters. The minimum atomic E-state index is 0.531. The summed E-state index contributed by atoms with van der Waals surface area (Å²) >= 11 is 6.06. The minimum absolute atomic E-state index is 0.531. The second-order valence-electron chi connectivity index (χ2n) is 4.30. The van der Waals surface area contributed by atoms with Gasteiger partial charge in [-0.2, -0.15) is 0 Å². The predicted octanol–water partition coefficient (Wildman–Crippen LogP) is 4.10. The van der Waals surface area contributed by atoms with Gasteiger partial charge in [0, 0.05) is 11.6 Å². The maximum Gasteiger partial charge on any atom is 0.176 e. The van der Waals surface area contributed by atoms with E-state index in [0.717, 1.165) is 28.2 Å². The number of benzene rings is 1. The van der Waals surface area contributed by atoms with Gasteiger partial charge in [-0.15, -0.1) is 0 Å². The Morgan fingerprint density at radius 3 is 3.05 bits per heavy atom. The average molecular weight is 289 g/mol. The molecule has 0 unspecified atom stereocenters. The van der Waals surface area contributed by atoms with Crippen molar-refractivity contribution in [1.82, 2.24) is 4.98 Å². The van der Waals surface area contributed by atoms with Gasteiger partial charge >= 0.3 is 0 Å². The van der Waals surface area contributed by atoms with Crippen LogP contribution < -0.4 is 10.1 Å². The molecule has 0 aliphatic rings. The second-order valence-corrected chi connectivity index (χ2v) is 4.71. The van der Waals surface area contributed by atoms with Gasteiger partial charge in [-0.05, 0) is 18.2 Å². The Hall–Kier alpha value is -2.20. The van der Waals surface area contributed by atoms with Gasteiger partial charge < -0.3 is 14.5 Å². The number of pyridine rings is 1. The molecule has 1 aromatic carbocycles. The number of hydrogen-bond donors (Lipinski definition) is 1. The molecule has 3 rings (SSSR count). The summed E-state index contributed by atoms with van der Waals surface area (Å²) in [6.45, 7) is 0.531. The number of aromatic nitrogens is 1. The number of fused-ring (bicyclic) bond motifs is 1. The van der Waals surface area contributed by atoms with E-state index in [-0.39, 0.29) is 0 Å². The fraction of sp³-hybridized carbons (Fsp3) is 0.133. The summed E-state index contributed by atoms with van der Waals surface area (Å²) in [4.78, 5) is 4.03. The minimum Gasteiger partial charge on any atom is -0.493 e. The molecule has 0 saturated carbocycles. The lowest BCUT2D eigenvalue weighted by atomic mass is 10.2. The summed E-state index contributed by atoms with van der Waals surface area (Å²) in [6.07, 6.45) is 3.34. The van der Waals surface area contributed by atoms with Gasteiger partial charge in [0.15, 0.2) is 11.3 Å². The van der Waals surface area contributed by atoms with Crippen molar-refractivity contribution in [2.75, 3.05) is 12.4 Å². The van der Waals surface area contributed by atoms with Crippen molar-refractivity contribution in [1.29, 1.82) is 0 Å². The first-order valence-corrected chi connectivity index (χ1v) is 6.54. The number of ether oxygens (including phenoxy) is 1. The van der Waals surface area contributed by atoms with Crippen LogP contribution in [0.1, 0.15) is 5.76 Å². The molecular weight excluding hydrogens is 276 g/mol. The number of para-hydroxylation sites is 1. The normalized spacial score (nSPS) is 10.7. The molecule has 0 saturated heterocycles. The quantitative estimate of drug-likeness (QED) is 0.785. The first-order valence-electron chi connectivity index (χ1n) is 6.17. The van der Waals surface area contributed by atoms with E-state index in [0.29, 0.717) is 11.6 Å². The predicted molar refractivity (Wildman–Crippen MR) is 79.3 cm³/mol. The number of hydrogen-bond acceptors (Lipinski definition) is 4. The third-order valence-electron chi connectivity index (χ3n) is 3.00. The van der Waals surface area contributed by atoms with Crippen LogP contribution in [0.25, 0.3) is 11.0 Å². The number of nitrogens with zero attached hydrogens (tertiary/aromatic N) is 1. The lowest BCUT2D eigenvalue weighted by Crippen LogP contribution is -1.98. The first kappa shape index (κ1) is 12.8. The Morgan fingerprint density at radius 2 is 2.25 bits per heavy atom. The van der Waals surface area contributed by atoms with Crippen LogP contribution in [0.4, 0.5) is 5.69 Å². The van der Waals surface area contributed by atoms with Crippen LogP contribution in [-0.2, 0) is 6.54 Å². The third kappa shape index (κ3) is 2.42. The van der Waals surface area contributed by atoms with Crippen LogP contribution in [0.15, 0.2) is 47.1 Å². The zero-order valence-corrected chi connectivity index (χ0v) is 11.6. The van der Waals surface area contributed by atoms with Crippen LogP contribution in [0.3, 0.4) is 0 Å². The van der Waals surface area contributed by atoms with E-state index in [1.165, 1.54) is 0 Å². The highest BCUT2D eigenvalue weighted by Gasteiger charge is 2.08. The first-order chi connectivity index (χ1) is 9.78. The van der Waals surface area contributed by atoms with E-state index in [4.69, 9.17) is 20.8 Å². The largest absolute Gasteiger partial charge is 0.493 e. The maximum atomic E-state index is 6.06. The monoisotopic (exact) mass is 288 g/mol. The third-order valence-corrected chi connectivity index (χ3v) is 3.33. The molecule has 0 aliphatic heterocycles. The number of halogens is 1. The fourth-order valence-electron chi connectivity index (χ4n) is 2.03. The van der Waals surface area contributed by atoms with Crippen LogP contribution in [0.5, 0.6) is 5.75 Å². The lowest BCUT2D eigenvalue weighted by Gasteiger charge is -2.05. The second kappa shape index (κ2) is 5.43. The van der Waals surface area contributed by atoms with E-state index in [1.807, 2.05) is 24.3 Å². The summed E-state index contributed by atoms with van der Waals surface area (Å²) < 4.78 is 11.1. The number of furan rings is 1. The highest BCUT2D eigenvalue weighted by molar-refractivity contribution is 6.33. The van der Waals surface area contributed by atoms with Crippen molar-refractivity contribution >= 4 is 28.3 Å². The van der Waals surface area contributed by atoms with Crippen molar-refractivity contribution in [2.45, 2.75) is 6.54 Å². The Bertz CT molecular complexity index is 740. The molecular formula is C15H13ClN2O2. The zero-order chi connectivity index (χ0) is 13.9. The van der Waals surface area contributed by atoms with Crippen LogP contribution in [-0.4, -0.2) is 12.1 Å². The maximum absolute atomic E-state index is 6.06. The van der Waals surface area contributed by atoms with Crippen molar-refractivity contribution in [3.05, 3.63) is 53.5 Å². The number of methoxy groups -OCH3 is 1. The summed E-state index contributed by atoms with van der Waals surface area (Å²) in [5, 5.41) is 4.84. The molecule has 2 aromatic heterocycles. The molecule has 2 heterocycles. The van der Waals surface area contributed by atoms with Crippen LogP contribution in [0, 0.1) is 0 Å². The van der Waals surface area contributed by atoms with Crippen molar-refractivity contribution in [3.8, 4) is 5.75 Å². The average Bonchev–Trinajstić information content (AvgIpc) is 2.89. The van der Waals surface area contributed by atoms with Gasteiger partial charge in [-0.25, -0.2) is 0 Å². The molecule has 0 fully saturated rings. The van der Waals surface area contributed by atoms with Crippen molar-refractivity contribution in [3.63, 3.8) is 0 Å². The Morgan fingerprint density at radius 1 is 1.35 bits per heavy atom. The molecule has 0 amide bonds. The molecule has 20 heavy (non-hydrogen) atoms. The molecule has 102 valence electrons. The van der Waals surface area contributed by atoms with E-state index in [1.54, 1.807) is 25.6 Å². The van der Waals surface area contributed by atoms with E-state index >= 15 is 0 Å². The standard InChI is InChI=1S/C15H13ClN2O2/c1-19-14-4-2-3-10-7-11(20-15(10)14)8-18-13-9-17-6-5-12(13)16/h2-7,9,18H,8H2,1H3. The molecule has 0 aliphatic carbocycles. The molecule has 4 nitrogen and oxygen atoms in total. The smallest absolute Gasteiger partial charge is 0.176 e. The van der Waals surface area contributed by atoms with Crippen LogP contribution >= 0.6 is 11.6 Å². The summed E-state index contributed by atoms with van der Waals surface area (Å²) in [6, 6.07) is 9.52. The van der Waals surface area contributed by atoms with Gasteiger partial charge in [0.25, 0.3) is 0 Å². The van der Waals surface area contributed by atoms with Gasteiger partial charge in [0.05, 0.1) is 30.6 Å². The number of nitrogens with one attached hydrogen (secondary N) is 1. The molecule has 0 bridgehead atoms. The summed E-state index contributed by atoms with van der Waals surface area (Å²) in [5.41, 5.74) is 1.53. The Labute approximate surface area is 121 Å². The van der Waals surface area contributed by atoms with E-state index in [9.17, 15) is 0 Å². The van der Waals surface area contributed by atoms with Crippen molar-refractivity contribution < 1.29 is 9.15 Å². The highest BCUT2D eigenvalue weighted by Crippen LogP contribution is 2.29. The number of anilines is 1. The Kier molecular flexibility index (Phi) is 3.48. The summed E-state index contributed by atoms with van der Waals surface area (Å²) in [7, 11) is 1.63. The molecule has 3 aromatic rings. The highest BCUT2D eigenvalue weighted by atomic mass is 35.5. The molecule has 1 N–H and O–H groups in total.